The van der Waals surface area contributed by atoms with Crippen molar-refractivity contribution in [3.05, 3.63) is 0 Å². The van der Waals surface area contributed by atoms with Gasteiger partial charge in [0.05, 0.1) is 18.3 Å². The fourth-order valence-corrected chi connectivity index (χ4v) is 1.73. The summed E-state index contributed by atoms with van der Waals surface area (Å²) in [5.74, 6) is 0. The van der Waals surface area contributed by atoms with Gasteiger partial charge < -0.3 is 88.8 Å². The van der Waals surface area contributed by atoms with Gasteiger partial charge in [0.15, 0.2) is 0 Å². The topological polar surface area (TPSA) is 27.7 Å². The Morgan fingerprint density at radius 1 is 0.591 bits per heavy atom. The maximum atomic E-state index is 4.80. The van der Waals surface area contributed by atoms with E-state index in [0.29, 0.717) is 0 Å². The molecular formula is C12H21CrO3S6. The van der Waals surface area contributed by atoms with E-state index in [4.69, 9.17) is 14.2 Å². The first-order valence-corrected chi connectivity index (χ1v) is 8.46. The summed E-state index contributed by atoms with van der Waals surface area (Å²) in [5.41, 5.74) is 0. The Morgan fingerprint density at radius 2 is 0.727 bits per heavy atom. The molecular weight excluding hydrogens is 437 g/mol. The van der Waals surface area contributed by atoms with Crippen molar-refractivity contribution in [3.8, 4) is 0 Å². The minimum atomic E-state index is 0. The number of hydrogen-bond acceptors (Lipinski definition) is 9. The van der Waals surface area contributed by atoms with Crippen molar-refractivity contribution in [2.24, 2.45) is 0 Å². The summed E-state index contributed by atoms with van der Waals surface area (Å²) in [5, 5.41) is 0. The van der Waals surface area contributed by atoms with Crippen molar-refractivity contribution in [1.29, 1.82) is 0 Å². The second-order valence-electron chi connectivity index (χ2n) is 4.25. The van der Waals surface area contributed by atoms with Gasteiger partial charge in [-0.05, 0) is 41.5 Å². The zero-order chi connectivity index (χ0) is 17.6. The quantitative estimate of drug-likeness (QED) is 0.464. The minimum absolute atomic E-state index is 0. The fourth-order valence-electron chi connectivity index (χ4n) is 0.577. The van der Waals surface area contributed by atoms with Crippen molar-refractivity contribution in [1.82, 2.24) is 0 Å². The third kappa shape index (κ3) is 49.7. The van der Waals surface area contributed by atoms with Crippen LogP contribution in [0.4, 0.5) is 0 Å². The number of hydrogen-bond donors (Lipinski definition) is 0. The molecule has 0 aromatic rings. The number of ether oxygens (including phenoxy) is 3. The molecule has 10 heteroatoms. The Balaban J connectivity index is -0.000000108. The van der Waals surface area contributed by atoms with Crippen LogP contribution in [0.1, 0.15) is 41.5 Å². The number of thiocarbonyl (C=S) groups is 3. The van der Waals surface area contributed by atoms with Gasteiger partial charge in [-0.25, -0.2) is 0 Å². The molecule has 0 heterocycles. The average molecular weight is 458 g/mol. The molecule has 0 saturated heterocycles. The predicted octanol–water partition coefficient (Wildman–Crippen LogP) is 3.73. The van der Waals surface area contributed by atoms with E-state index in [-0.39, 0.29) is 48.8 Å². The van der Waals surface area contributed by atoms with Crippen molar-refractivity contribution >= 4 is 87.7 Å². The molecule has 3 nitrogen and oxygen atoms in total. The molecule has 0 saturated carbocycles. The minimum Gasteiger partial charge on any atom is -0.511 e. The molecule has 0 aromatic heterocycles. The first-order chi connectivity index (χ1) is 9.38. The maximum absolute atomic E-state index is 4.80. The van der Waals surface area contributed by atoms with Gasteiger partial charge in [0.1, 0.15) is 0 Å². The third-order valence-electron chi connectivity index (χ3n) is 0.996. The average Bonchev–Trinajstić information content (AvgIpc) is 2.10. The number of rotatable bonds is 3. The molecule has 0 rings (SSSR count). The van der Waals surface area contributed by atoms with Gasteiger partial charge in [0.25, 0.3) is 0 Å². The second kappa shape index (κ2) is 19.9. The Morgan fingerprint density at radius 3 is 0.727 bits per heavy atom. The maximum Gasteiger partial charge on any atom is 3.00 e. The summed E-state index contributed by atoms with van der Waals surface area (Å²) in [4.78, 5) is 0. The largest absolute Gasteiger partial charge is 3.00 e. The van der Waals surface area contributed by atoms with E-state index in [9.17, 15) is 0 Å². The molecule has 1 radical (unpaired) electrons. The first-order valence-electron chi connectivity index (χ1n) is 6.01. The van der Waals surface area contributed by atoms with E-state index < -0.39 is 0 Å². The molecule has 0 aliphatic rings. The van der Waals surface area contributed by atoms with Crippen molar-refractivity contribution in [2.75, 3.05) is 0 Å². The van der Waals surface area contributed by atoms with Crippen LogP contribution in [0.5, 0.6) is 0 Å². The van der Waals surface area contributed by atoms with Gasteiger partial charge in [-0.1, -0.05) is 0 Å². The van der Waals surface area contributed by atoms with Crippen LogP contribution < -0.4 is 0 Å². The SMILES string of the molecule is CC(C)OC(=S)[S-].CC(C)OC(=S)[S-].CC(C)OC(=S)[S-].[Cr+3]. The van der Waals surface area contributed by atoms with Gasteiger partial charge >= 0.3 is 17.4 Å². The van der Waals surface area contributed by atoms with Crippen LogP contribution in [0.25, 0.3) is 0 Å². The summed E-state index contributed by atoms with van der Waals surface area (Å²) in [6.45, 7) is 11.3. The van der Waals surface area contributed by atoms with E-state index in [1.54, 1.807) is 0 Å². The Bertz CT molecular complexity index is 264. The third-order valence-corrected chi connectivity index (χ3v) is 1.57. The van der Waals surface area contributed by atoms with Crippen LogP contribution in [-0.2, 0) is 69.5 Å². The van der Waals surface area contributed by atoms with E-state index >= 15 is 0 Å². The molecule has 22 heavy (non-hydrogen) atoms. The molecule has 0 aliphatic carbocycles. The molecule has 0 bridgehead atoms. The molecule has 0 amide bonds. The second-order valence-corrected chi connectivity index (χ2v) is 7.25. The monoisotopic (exact) mass is 457 g/mol. The van der Waals surface area contributed by atoms with Crippen molar-refractivity contribution < 1.29 is 31.6 Å². The van der Waals surface area contributed by atoms with E-state index in [1.165, 1.54) is 0 Å². The summed E-state index contributed by atoms with van der Waals surface area (Å²) in [7, 11) is 0. The van der Waals surface area contributed by atoms with Crippen LogP contribution in [-0.4, -0.2) is 31.5 Å². The molecule has 0 atom stereocenters. The molecule has 0 unspecified atom stereocenters. The zero-order valence-electron chi connectivity index (χ0n) is 13.3. The van der Waals surface area contributed by atoms with Crippen molar-refractivity contribution in [3.63, 3.8) is 0 Å². The van der Waals surface area contributed by atoms with Gasteiger partial charge in [0.2, 0.25) is 0 Å². The van der Waals surface area contributed by atoms with Crippen molar-refractivity contribution in [2.45, 2.75) is 59.9 Å². The first kappa shape index (κ1) is 30.7. The summed E-state index contributed by atoms with van der Waals surface area (Å²) in [6, 6.07) is 0. The van der Waals surface area contributed by atoms with Gasteiger partial charge in [-0.15, -0.1) is 0 Å². The zero-order valence-corrected chi connectivity index (χ0v) is 19.5. The van der Waals surface area contributed by atoms with Crippen LogP contribution in [0, 0.1) is 0 Å². The molecule has 0 aromatic carbocycles. The summed E-state index contributed by atoms with van der Waals surface area (Å²) < 4.78 is 15.0. The van der Waals surface area contributed by atoms with Gasteiger partial charge in [0, 0.05) is 13.1 Å². The molecule has 0 spiro atoms. The van der Waals surface area contributed by atoms with E-state index in [0.717, 1.165) is 0 Å². The van der Waals surface area contributed by atoms with Crippen LogP contribution in [0.15, 0.2) is 0 Å². The molecule has 0 N–H and O–H groups in total. The smallest absolute Gasteiger partial charge is 0.511 e. The summed E-state index contributed by atoms with van der Waals surface area (Å²) >= 11 is 26.8. The standard InChI is InChI=1S/3C4H8OS2.Cr/c3*1-3(2)5-4(6)7;/h3*3H,1-2H3,(H,6,7);/q;;;+3/p-3. The van der Waals surface area contributed by atoms with Crippen LogP contribution >= 0.6 is 36.7 Å². The predicted molar refractivity (Wildman–Crippen MR) is 109 cm³/mol. The normalized spacial score (nSPS) is 8.59. The van der Waals surface area contributed by atoms with Crippen LogP contribution in [0.2, 0.25) is 0 Å². The van der Waals surface area contributed by atoms with Crippen LogP contribution in [0.3, 0.4) is 0 Å². The Hall–Kier alpha value is 0.862. The fraction of sp³-hybridized carbons (Fsp3) is 0.750. The van der Waals surface area contributed by atoms with E-state index in [1.807, 2.05) is 41.5 Å². The molecule has 0 aliphatic heterocycles. The Kier molecular flexibility index (Phi) is 27.8. The van der Waals surface area contributed by atoms with E-state index in [2.05, 4.69) is 74.5 Å². The molecule has 129 valence electrons. The van der Waals surface area contributed by atoms with Gasteiger partial charge in [-0.2, -0.15) is 0 Å². The molecule has 0 fully saturated rings. The summed E-state index contributed by atoms with van der Waals surface area (Å²) in [6.07, 6.45) is 0.389. The van der Waals surface area contributed by atoms with Gasteiger partial charge in [-0.3, -0.25) is 0 Å². The Labute approximate surface area is 178 Å².